The van der Waals surface area contributed by atoms with Gasteiger partial charge in [0.1, 0.15) is 0 Å². The van der Waals surface area contributed by atoms with Crippen LogP contribution < -0.4 is 14.7 Å². The second-order valence-corrected chi connectivity index (χ2v) is 40.9. The van der Waals surface area contributed by atoms with Crippen LogP contribution in [0.25, 0.3) is 204 Å². The molecule has 148 heavy (non-hydrogen) atoms. The number of benzene rings is 25. The predicted octanol–water partition coefficient (Wildman–Crippen LogP) is 42.2. The zero-order valence-electron chi connectivity index (χ0n) is 80.9. The van der Waals surface area contributed by atoms with E-state index in [0.29, 0.717) is 0 Å². The quantitative estimate of drug-likeness (QED) is 0.0848. The largest absolute Gasteiger partial charge is 0.309 e. The Morgan fingerprint density at radius 1 is 0.115 bits per heavy atom. The zero-order chi connectivity index (χ0) is 98.2. The molecule has 0 radical (unpaired) electrons. The standard InChI is InChI=1S/C50H33NS.2C46H31NS/c1-2-11-34(12-3-1)36-23-27-42(28-24-36)51(43-29-25-38(26-30-43)45-19-10-16-37-14-6-7-17-44(37)45)48-33-41(40-22-21-35-13-4-5-15-39(35)31-40)32-47-46-18-8-9-20-49(46)52-50(47)48;1-3-13-32(14-4-1)34-25-27-39(28-26-34)47(43-21-11-9-19-40(43)35-16-5-2-6-17-35)44-31-38(37-24-23-33-15-7-8-18-36(33)29-37)30-42-41-20-10-12-22-45(41)48-46(42)44;1-3-11-32(12-4-1)34-19-21-35(22-20-34)36-25-27-41(28-26-36)47(40-15-5-2-6-16-40)44-31-39(38-24-23-33-13-7-8-14-37(33)29-38)30-43-42-17-9-10-18-45(42)48-46(43)44/h1-33H;2*1-31H. The fraction of sp³-hybridized carbons (Fsp3) is 0. The Morgan fingerprint density at radius 2 is 0.358 bits per heavy atom. The summed E-state index contributed by atoms with van der Waals surface area (Å²) in [5, 5.41) is 17.7. The molecule has 696 valence electrons. The van der Waals surface area contributed by atoms with Crippen LogP contribution in [0, 0.1) is 0 Å². The van der Waals surface area contributed by atoms with E-state index < -0.39 is 0 Å². The minimum Gasteiger partial charge on any atom is -0.309 e. The normalized spacial score (nSPS) is 11.4. The van der Waals surface area contributed by atoms with Gasteiger partial charge in [-0.25, -0.2) is 0 Å². The van der Waals surface area contributed by atoms with Crippen molar-refractivity contribution in [3.05, 3.63) is 576 Å². The third-order valence-corrected chi connectivity index (χ3v) is 32.4. The first-order valence-electron chi connectivity index (χ1n) is 50.4. The van der Waals surface area contributed by atoms with Crippen molar-refractivity contribution in [1.82, 2.24) is 0 Å². The monoisotopic (exact) mass is 1940 g/mol. The summed E-state index contributed by atoms with van der Waals surface area (Å²) in [5.41, 5.74) is 32.1. The number of anilines is 9. The van der Waals surface area contributed by atoms with Gasteiger partial charge in [0.25, 0.3) is 0 Å². The van der Waals surface area contributed by atoms with Crippen molar-refractivity contribution in [2.45, 2.75) is 0 Å². The van der Waals surface area contributed by atoms with E-state index in [1.165, 1.54) is 221 Å². The Balaban J connectivity index is 0.000000112. The van der Waals surface area contributed by atoms with Gasteiger partial charge in [-0.1, -0.05) is 437 Å². The van der Waals surface area contributed by atoms with E-state index in [4.69, 9.17) is 0 Å². The van der Waals surface area contributed by atoms with Crippen molar-refractivity contribution < 1.29 is 0 Å². The van der Waals surface area contributed by atoms with Gasteiger partial charge in [-0.2, -0.15) is 0 Å². The smallest absolute Gasteiger partial charge is 0.0646 e. The average Bonchev–Trinajstić information content (AvgIpc) is 1.59. The highest BCUT2D eigenvalue weighted by Crippen LogP contribution is 2.54. The molecule has 0 bridgehead atoms. The summed E-state index contributed by atoms with van der Waals surface area (Å²) in [4.78, 5) is 7.34. The Labute approximate surface area is 872 Å². The lowest BCUT2D eigenvalue weighted by atomic mass is 9.97. The molecule has 6 heteroatoms. The molecule has 0 spiro atoms. The van der Waals surface area contributed by atoms with Crippen LogP contribution in [0.4, 0.5) is 51.2 Å². The molecule has 0 atom stereocenters. The van der Waals surface area contributed by atoms with Gasteiger partial charge in [0, 0.05) is 80.4 Å². The molecular weight excluding hydrogens is 1840 g/mol. The number of thiophene rings is 3. The van der Waals surface area contributed by atoms with Crippen molar-refractivity contribution in [2.24, 2.45) is 0 Å². The molecular formula is C142H95N3S3. The highest BCUT2D eigenvalue weighted by atomic mass is 32.1. The summed E-state index contributed by atoms with van der Waals surface area (Å²) in [5.74, 6) is 0. The van der Waals surface area contributed by atoms with Crippen LogP contribution in [0.1, 0.15) is 0 Å². The molecule has 0 aliphatic rings. The summed E-state index contributed by atoms with van der Waals surface area (Å²) in [6, 6.07) is 209. The number of fused-ring (bicyclic) bond motifs is 13. The molecule has 25 aromatic carbocycles. The highest BCUT2D eigenvalue weighted by molar-refractivity contribution is 7.27. The van der Waals surface area contributed by atoms with Crippen molar-refractivity contribution in [2.75, 3.05) is 14.7 Å². The summed E-state index contributed by atoms with van der Waals surface area (Å²) in [6.45, 7) is 0. The molecule has 0 saturated carbocycles. The summed E-state index contributed by atoms with van der Waals surface area (Å²) in [6.07, 6.45) is 0. The van der Waals surface area contributed by atoms with Crippen LogP contribution in [-0.4, -0.2) is 0 Å². The second-order valence-electron chi connectivity index (χ2n) is 37.7. The first-order chi connectivity index (χ1) is 73.3. The van der Waals surface area contributed by atoms with Crippen LogP contribution in [0.3, 0.4) is 0 Å². The molecule has 0 aliphatic carbocycles. The van der Waals surface area contributed by atoms with E-state index in [0.717, 1.165) is 34.1 Å². The number of para-hydroxylation sites is 2. The number of nitrogens with zero attached hydrogens (tertiary/aromatic N) is 3. The van der Waals surface area contributed by atoms with Gasteiger partial charge in [0.15, 0.2) is 0 Å². The van der Waals surface area contributed by atoms with Crippen molar-refractivity contribution in [3.63, 3.8) is 0 Å². The third kappa shape index (κ3) is 17.6. The van der Waals surface area contributed by atoms with E-state index in [-0.39, 0.29) is 0 Å². The van der Waals surface area contributed by atoms with Crippen molar-refractivity contribution in [3.8, 4) is 100 Å². The van der Waals surface area contributed by atoms with Gasteiger partial charge < -0.3 is 14.7 Å². The Morgan fingerprint density at radius 3 is 0.736 bits per heavy atom. The minimum atomic E-state index is 1.12. The van der Waals surface area contributed by atoms with E-state index in [2.05, 4.69) is 591 Å². The summed E-state index contributed by atoms with van der Waals surface area (Å²) in [7, 11) is 0. The molecule has 0 saturated heterocycles. The molecule has 3 heterocycles. The van der Waals surface area contributed by atoms with Gasteiger partial charge in [0.2, 0.25) is 0 Å². The van der Waals surface area contributed by atoms with Crippen LogP contribution in [0.2, 0.25) is 0 Å². The number of hydrogen-bond donors (Lipinski definition) is 0. The van der Waals surface area contributed by atoms with E-state index >= 15 is 0 Å². The second kappa shape index (κ2) is 39.7. The molecule has 28 rings (SSSR count). The highest BCUT2D eigenvalue weighted by Gasteiger charge is 2.27. The lowest BCUT2D eigenvalue weighted by Crippen LogP contribution is -2.11. The minimum absolute atomic E-state index is 1.12. The van der Waals surface area contributed by atoms with Crippen molar-refractivity contribution in [1.29, 1.82) is 0 Å². The molecule has 3 nitrogen and oxygen atoms in total. The average molecular weight is 1940 g/mol. The van der Waals surface area contributed by atoms with Gasteiger partial charge in [-0.05, 0) is 277 Å². The molecule has 0 amide bonds. The Hall–Kier alpha value is -18.4. The van der Waals surface area contributed by atoms with Crippen LogP contribution in [0.15, 0.2) is 576 Å². The predicted molar refractivity (Wildman–Crippen MR) is 641 cm³/mol. The first kappa shape index (κ1) is 89.7. The van der Waals surface area contributed by atoms with E-state index in [9.17, 15) is 0 Å². The van der Waals surface area contributed by atoms with E-state index in [1.807, 2.05) is 34.0 Å². The van der Waals surface area contributed by atoms with Crippen LogP contribution in [0.5, 0.6) is 0 Å². The lowest BCUT2D eigenvalue weighted by Gasteiger charge is -2.29. The molecule has 0 unspecified atom stereocenters. The zero-order valence-corrected chi connectivity index (χ0v) is 83.4. The number of hydrogen-bond acceptors (Lipinski definition) is 6. The Kier molecular flexibility index (Phi) is 24.1. The molecule has 3 aromatic heterocycles. The van der Waals surface area contributed by atoms with Gasteiger partial charge in [0.05, 0.1) is 36.8 Å². The maximum Gasteiger partial charge on any atom is 0.0646 e. The maximum absolute atomic E-state index is 2.47. The van der Waals surface area contributed by atoms with Gasteiger partial charge in [-0.15, -0.1) is 34.0 Å². The lowest BCUT2D eigenvalue weighted by molar-refractivity contribution is 1.30. The van der Waals surface area contributed by atoms with Crippen molar-refractivity contribution >= 4 is 189 Å². The fourth-order valence-corrected chi connectivity index (χ4v) is 24.9. The molecule has 0 N–H and O–H groups in total. The van der Waals surface area contributed by atoms with Gasteiger partial charge >= 0.3 is 0 Å². The molecule has 28 aromatic rings. The third-order valence-electron chi connectivity index (χ3n) is 28.7. The summed E-state index contributed by atoms with van der Waals surface area (Å²) >= 11 is 5.61. The molecule has 0 aliphatic heterocycles. The van der Waals surface area contributed by atoms with Gasteiger partial charge in [-0.3, -0.25) is 0 Å². The number of rotatable bonds is 18. The van der Waals surface area contributed by atoms with E-state index in [1.54, 1.807) is 0 Å². The Bertz CT molecular complexity index is 9740. The van der Waals surface area contributed by atoms with Crippen LogP contribution in [-0.2, 0) is 0 Å². The maximum atomic E-state index is 2.47. The topological polar surface area (TPSA) is 9.72 Å². The fourth-order valence-electron chi connectivity index (χ4n) is 21.3. The SMILES string of the molecule is c1ccc(-c2ccc(-c3ccc(N(c4ccccc4)c4cc(-c5ccc6ccccc6c5)cc5c4sc4ccccc45)cc3)cc2)cc1.c1ccc(-c2ccc(N(c3ccc(-c4cccc5ccccc45)cc3)c3cc(-c4ccc5ccccc5c4)cc4c3sc3ccccc34)cc2)cc1.c1ccc(-c2ccc(N(c3ccccc3-c3ccccc3)c3cc(-c4ccc5ccccc5c4)cc4c3sc3ccccc34)cc2)cc1. The van der Waals surface area contributed by atoms with Crippen LogP contribution >= 0.6 is 34.0 Å². The first-order valence-corrected chi connectivity index (χ1v) is 52.9. The molecule has 0 fully saturated rings. The summed E-state index contributed by atoms with van der Waals surface area (Å²) < 4.78 is 7.71.